The van der Waals surface area contributed by atoms with Gasteiger partial charge in [-0.25, -0.2) is 9.37 Å². The van der Waals surface area contributed by atoms with E-state index in [4.69, 9.17) is 4.98 Å². The number of carbonyl (C=O) groups excluding carboxylic acids is 1. The second-order valence-electron chi connectivity index (χ2n) is 11.2. The molecule has 0 saturated carbocycles. The molecule has 222 valence electrons. The number of β-amino-alcohol motifs (C(OH)–C–C–N with tert-alkyl or cyclic N) is 1. The Morgan fingerprint density at radius 2 is 1.93 bits per heavy atom. The van der Waals surface area contributed by atoms with Crippen LogP contribution in [0.25, 0.3) is 33.5 Å². The Balaban J connectivity index is 1.25. The maximum Gasteiger partial charge on any atom is 0.240 e. The van der Waals surface area contributed by atoms with Gasteiger partial charge in [-0.2, -0.15) is 5.10 Å². The van der Waals surface area contributed by atoms with Gasteiger partial charge in [-0.1, -0.05) is 19.9 Å². The number of aryl methyl sites for hydroxylation is 1. The molecular formula is C31H38FN7O3. The molecule has 10 nitrogen and oxygen atoms in total. The molecule has 1 saturated heterocycles. The number of phenols is 1. The lowest BCUT2D eigenvalue weighted by molar-refractivity contribution is -0.139. The second kappa shape index (κ2) is 11.8. The van der Waals surface area contributed by atoms with Gasteiger partial charge in [0.15, 0.2) is 17.4 Å². The van der Waals surface area contributed by atoms with E-state index >= 15 is 0 Å². The minimum absolute atomic E-state index is 0.135. The fraction of sp³-hybridized carbons (Fsp3) is 0.452. The quantitative estimate of drug-likeness (QED) is 0.254. The molecule has 2 aliphatic rings. The zero-order valence-corrected chi connectivity index (χ0v) is 24.2. The number of benzene rings is 2. The molecule has 2 aliphatic heterocycles. The van der Waals surface area contributed by atoms with Crippen molar-refractivity contribution < 1.29 is 19.4 Å². The highest BCUT2D eigenvalue weighted by molar-refractivity contribution is 5.94. The normalized spacial score (nSPS) is 18.1. The average Bonchev–Trinajstić information content (AvgIpc) is 3.61. The van der Waals surface area contributed by atoms with Gasteiger partial charge in [-0.3, -0.25) is 19.7 Å². The minimum atomic E-state index is -0.647. The lowest BCUT2D eigenvalue weighted by Crippen LogP contribution is -2.56. The Hall–Kier alpha value is -3.80. The molecule has 11 heteroatoms. The van der Waals surface area contributed by atoms with E-state index in [9.17, 15) is 19.4 Å². The van der Waals surface area contributed by atoms with Crippen molar-refractivity contribution in [3.05, 3.63) is 53.1 Å². The van der Waals surface area contributed by atoms with E-state index in [1.807, 2.05) is 30.0 Å². The molecule has 2 aromatic heterocycles. The molecule has 1 fully saturated rings. The molecule has 6 rings (SSSR count). The highest BCUT2D eigenvalue weighted by atomic mass is 19.1. The van der Waals surface area contributed by atoms with Crippen LogP contribution >= 0.6 is 0 Å². The number of imidazole rings is 1. The van der Waals surface area contributed by atoms with Crippen LogP contribution in [-0.2, 0) is 24.2 Å². The van der Waals surface area contributed by atoms with Crippen molar-refractivity contribution >= 4 is 16.8 Å². The van der Waals surface area contributed by atoms with Crippen LogP contribution in [0.15, 0.2) is 30.3 Å². The Kier molecular flexibility index (Phi) is 7.98. The number of piperazine rings is 1. The van der Waals surface area contributed by atoms with Crippen LogP contribution in [0.1, 0.15) is 37.2 Å². The highest BCUT2D eigenvalue weighted by Crippen LogP contribution is 2.34. The maximum absolute atomic E-state index is 14.2. The Bertz CT molecular complexity index is 1590. The molecule has 0 radical (unpaired) electrons. The van der Waals surface area contributed by atoms with E-state index in [0.717, 1.165) is 65.0 Å². The number of aliphatic hydroxyl groups is 1. The number of carbonyl (C=O) groups is 1. The van der Waals surface area contributed by atoms with Crippen LogP contribution in [0.2, 0.25) is 0 Å². The molecule has 4 aromatic rings. The monoisotopic (exact) mass is 575 g/mol. The van der Waals surface area contributed by atoms with Crippen molar-refractivity contribution in [2.24, 2.45) is 0 Å². The Morgan fingerprint density at radius 1 is 1.12 bits per heavy atom. The number of hydrogen-bond acceptors (Lipinski definition) is 7. The van der Waals surface area contributed by atoms with Crippen molar-refractivity contribution in [1.29, 1.82) is 0 Å². The van der Waals surface area contributed by atoms with Crippen molar-refractivity contribution in [1.82, 2.24) is 34.9 Å². The molecule has 0 spiro atoms. The van der Waals surface area contributed by atoms with Gasteiger partial charge in [0.25, 0.3) is 0 Å². The summed E-state index contributed by atoms with van der Waals surface area (Å²) in [5.41, 5.74) is 5.84. The summed E-state index contributed by atoms with van der Waals surface area (Å²) in [5.74, 6) is -0.181. The SMILES string of the molecule is CCCN1Cc2[nH]c(-c3n[nH]c4cc(-c5cc(F)c(O)cc5CC)ccc34)nc2C[C@H]1C(=O)N1CCN(CCO)CC1. The summed E-state index contributed by atoms with van der Waals surface area (Å²) < 4.78 is 14.2. The summed E-state index contributed by atoms with van der Waals surface area (Å²) in [4.78, 5) is 28.5. The van der Waals surface area contributed by atoms with Crippen molar-refractivity contribution in [3.63, 3.8) is 0 Å². The molecule has 1 atom stereocenters. The summed E-state index contributed by atoms with van der Waals surface area (Å²) in [6.45, 7) is 9.22. The average molecular weight is 576 g/mol. The summed E-state index contributed by atoms with van der Waals surface area (Å²) >= 11 is 0. The molecule has 4 heterocycles. The van der Waals surface area contributed by atoms with E-state index in [1.165, 1.54) is 12.1 Å². The second-order valence-corrected chi connectivity index (χ2v) is 11.2. The lowest BCUT2D eigenvalue weighted by Gasteiger charge is -2.40. The first-order valence-electron chi connectivity index (χ1n) is 14.8. The van der Waals surface area contributed by atoms with E-state index in [2.05, 4.69) is 31.9 Å². The van der Waals surface area contributed by atoms with E-state index in [1.54, 1.807) is 0 Å². The first kappa shape index (κ1) is 28.3. The Labute approximate surface area is 244 Å². The van der Waals surface area contributed by atoms with Crippen LogP contribution in [0.5, 0.6) is 5.75 Å². The molecule has 2 aromatic carbocycles. The largest absolute Gasteiger partial charge is 0.505 e. The van der Waals surface area contributed by atoms with Crippen LogP contribution in [0, 0.1) is 5.82 Å². The molecular weight excluding hydrogens is 537 g/mol. The topological polar surface area (TPSA) is 125 Å². The number of phenolic OH excluding ortho intramolecular Hbond substituents is 1. The van der Waals surface area contributed by atoms with E-state index in [-0.39, 0.29) is 24.3 Å². The van der Waals surface area contributed by atoms with Gasteiger partial charge in [0.2, 0.25) is 5.91 Å². The van der Waals surface area contributed by atoms with Crippen molar-refractivity contribution in [2.75, 3.05) is 45.9 Å². The standard InChI is InChI=1S/C31H38FN7O3/c1-3-7-39-18-26-25(17-27(39)31(42)38-10-8-37(9-11-38)12-13-40)33-30(34-26)29-21-6-5-20(14-24(21)35-36-29)22-16-23(32)28(41)15-19(22)4-2/h5-6,14-16,27,40-41H,3-4,7-13,17-18H2,1-2H3,(H,33,34)(H,35,36)/t27-/m0/s1. The summed E-state index contributed by atoms with van der Waals surface area (Å²) in [6.07, 6.45) is 2.15. The molecule has 1 amide bonds. The number of aliphatic hydroxyl groups excluding tert-OH is 1. The van der Waals surface area contributed by atoms with Crippen LogP contribution in [-0.4, -0.2) is 103 Å². The first-order chi connectivity index (χ1) is 20.4. The number of nitrogens with one attached hydrogen (secondary N) is 2. The smallest absolute Gasteiger partial charge is 0.240 e. The van der Waals surface area contributed by atoms with Gasteiger partial charge in [-0.05, 0) is 60.3 Å². The molecule has 0 aliphatic carbocycles. The van der Waals surface area contributed by atoms with Gasteiger partial charge >= 0.3 is 0 Å². The predicted octanol–water partition coefficient (Wildman–Crippen LogP) is 3.30. The number of aromatic hydroxyl groups is 1. The van der Waals surface area contributed by atoms with Gasteiger partial charge < -0.3 is 20.1 Å². The predicted molar refractivity (Wildman–Crippen MR) is 158 cm³/mol. The minimum Gasteiger partial charge on any atom is -0.505 e. The molecule has 4 N–H and O–H groups in total. The third kappa shape index (κ3) is 5.28. The number of aromatic amines is 2. The molecule has 42 heavy (non-hydrogen) atoms. The van der Waals surface area contributed by atoms with E-state index in [0.29, 0.717) is 50.5 Å². The number of hydrogen-bond donors (Lipinski definition) is 4. The van der Waals surface area contributed by atoms with Crippen molar-refractivity contribution in [3.8, 4) is 28.4 Å². The number of fused-ring (bicyclic) bond motifs is 2. The zero-order valence-electron chi connectivity index (χ0n) is 24.2. The van der Waals surface area contributed by atoms with Gasteiger partial charge in [0.05, 0.1) is 29.6 Å². The number of nitrogens with zero attached hydrogens (tertiary/aromatic N) is 5. The Morgan fingerprint density at radius 3 is 2.67 bits per heavy atom. The lowest BCUT2D eigenvalue weighted by atomic mass is 9.96. The molecule has 0 unspecified atom stereocenters. The molecule has 0 bridgehead atoms. The number of halogens is 1. The van der Waals surface area contributed by atoms with Gasteiger partial charge in [0.1, 0.15) is 5.69 Å². The van der Waals surface area contributed by atoms with Gasteiger partial charge in [-0.15, -0.1) is 0 Å². The first-order valence-corrected chi connectivity index (χ1v) is 14.8. The number of rotatable bonds is 8. The summed E-state index contributed by atoms with van der Waals surface area (Å²) in [5, 5.41) is 27.6. The zero-order chi connectivity index (χ0) is 29.4. The summed E-state index contributed by atoms with van der Waals surface area (Å²) in [6, 6.07) is 8.45. The summed E-state index contributed by atoms with van der Waals surface area (Å²) in [7, 11) is 0. The third-order valence-corrected chi connectivity index (χ3v) is 8.60. The number of aromatic nitrogens is 4. The van der Waals surface area contributed by atoms with Crippen LogP contribution in [0.3, 0.4) is 0 Å². The fourth-order valence-electron chi connectivity index (χ4n) is 6.33. The number of amides is 1. The van der Waals surface area contributed by atoms with E-state index < -0.39 is 5.82 Å². The van der Waals surface area contributed by atoms with Gasteiger partial charge in [0, 0.05) is 51.1 Å². The maximum atomic E-state index is 14.2. The van der Waals surface area contributed by atoms with Crippen LogP contribution in [0.4, 0.5) is 4.39 Å². The van der Waals surface area contributed by atoms with Crippen LogP contribution < -0.4 is 0 Å². The number of H-pyrrole nitrogens is 2. The third-order valence-electron chi connectivity index (χ3n) is 8.60. The highest BCUT2D eigenvalue weighted by Gasteiger charge is 2.36. The fourth-order valence-corrected chi connectivity index (χ4v) is 6.33. The van der Waals surface area contributed by atoms with Crippen molar-refractivity contribution in [2.45, 2.75) is 45.7 Å².